The zero-order chi connectivity index (χ0) is 14.2. The van der Waals surface area contributed by atoms with Crippen LogP contribution in [0.2, 0.25) is 0 Å². The number of nitrogens with one attached hydrogen (secondary N) is 1. The van der Waals surface area contributed by atoms with Gasteiger partial charge in [0.2, 0.25) is 5.91 Å². The van der Waals surface area contributed by atoms with Crippen LogP contribution >= 0.6 is 0 Å². The van der Waals surface area contributed by atoms with Gasteiger partial charge in [-0.2, -0.15) is 0 Å². The molecular formula is C16H31N3O. The van der Waals surface area contributed by atoms with Crippen molar-refractivity contribution in [1.29, 1.82) is 0 Å². The first-order valence-corrected chi connectivity index (χ1v) is 8.44. The van der Waals surface area contributed by atoms with E-state index in [0.717, 1.165) is 45.4 Å². The van der Waals surface area contributed by atoms with Crippen molar-refractivity contribution in [2.24, 2.45) is 5.92 Å². The molecule has 0 spiro atoms. The van der Waals surface area contributed by atoms with Crippen molar-refractivity contribution in [3.63, 3.8) is 0 Å². The lowest BCUT2D eigenvalue weighted by atomic mass is 9.97. The maximum Gasteiger partial charge on any atom is 0.224 e. The average Bonchev–Trinajstić information content (AvgIpc) is 2.72. The molecule has 2 heterocycles. The molecule has 2 rings (SSSR count). The third-order valence-corrected chi connectivity index (χ3v) is 4.64. The molecule has 1 atom stereocenters. The summed E-state index contributed by atoms with van der Waals surface area (Å²) in [7, 11) is 2.11. The Labute approximate surface area is 123 Å². The van der Waals surface area contributed by atoms with Crippen LogP contribution in [0.25, 0.3) is 0 Å². The number of carbonyl (C=O) groups excluding carboxylic acids is 1. The molecule has 0 aromatic carbocycles. The lowest BCUT2D eigenvalue weighted by molar-refractivity contribution is -0.126. The second kappa shape index (κ2) is 8.63. The largest absolute Gasteiger partial charge is 0.356 e. The molecule has 0 bridgehead atoms. The monoisotopic (exact) mass is 281 g/mol. The Balaban J connectivity index is 1.56. The van der Waals surface area contributed by atoms with Gasteiger partial charge >= 0.3 is 0 Å². The first kappa shape index (κ1) is 15.8. The van der Waals surface area contributed by atoms with Gasteiger partial charge in [-0.1, -0.05) is 12.8 Å². The highest BCUT2D eigenvalue weighted by Gasteiger charge is 2.23. The van der Waals surface area contributed by atoms with E-state index < -0.39 is 0 Å². The third kappa shape index (κ3) is 5.41. The van der Waals surface area contributed by atoms with E-state index in [-0.39, 0.29) is 11.8 Å². The van der Waals surface area contributed by atoms with E-state index in [4.69, 9.17) is 0 Å². The molecule has 116 valence electrons. The van der Waals surface area contributed by atoms with E-state index in [2.05, 4.69) is 22.2 Å². The number of piperidine rings is 1. The van der Waals surface area contributed by atoms with Crippen molar-refractivity contribution in [2.45, 2.75) is 44.9 Å². The Hall–Kier alpha value is -0.610. The van der Waals surface area contributed by atoms with Crippen LogP contribution in [0.15, 0.2) is 0 Å². The Morgan fingerprint density at radius 2 is 1.85 bits per heavy atom. The molecule has 2 aliphatic heterocycles. The summed E-state index contributed by atoms with van der Waals surface area (Å²) in [4.78, 5) is 16.9. The first-order chi connectivity index (χ1) is 9.75. The van der Waals surface area contributed by atoms with Crippen molar-refractivity contribution < 1.29 is 4.79 Å². The van der Waals surface area contributed by atoms with Gasteiger partial charge in [0.25, 0.3) is 0 Å². The number of hydrogen-bond donors (Lipinski definition) is 1. The number of likely N-dealkylation sites (tertiary alicyclic amines) is 2. The normalized spacial score (nSPS) is 26.1. The molecule has 2 aliphatic rings. The number of amides is 1. The molecule has 0 radical (unpaired) electrons. The highest BCUT2D eigenvalue weighted by atomic mass is 16.1. The Morgan fingerprint density at radius 1 is 1.10 bits per heavy atom. The highest BCUT2D eigenvalue weighted by molar-refractivity contribution is 5.78. The van der Waals surface area contributed by atoms with E-state index in [0.29, 0.717) is 0 Å². The summed E-state index contributed by atoms with van der Waals surface area (Å²) in [6.45, 7) is 6.56. The maximum absolute atomic E-state index is 12.1. The standard InChI is InChI=1S/C16H31N3O/c1-18-10-6-8-15(14-18)16(20)17-9-7-13-19-11-4-2-3-5-12-19/h15H,2-14H2,1H3,(H,17,20)/t15-/m1/s1. The van der Waals surface area contributed by atoms with Gasteiger partial charge in [-0.15, -0.1) is 0 Å². The molecule has 0 saturated carbocycles. The van der Waals surface area contributed by atoms with Crippen LogP contribution in [-0.2, 0) is 4.79 Å². The lowest BCUT2D eigenvalue weighted by Crippen LogP contribution is -2.42. The van der Waals surface area contributed by atoms with E-state index in [1.165, 1.54) is 38.8 Å². The smallest absolute Gasteiger partial charge is 0.224 e. The van der Waals surface area contributed by atoms with Crippen molar-refractivity contribution in [3.05, 3.63) is 0 Å². The fourth-order valence-corrected chi connectivity index (χ4v) is 3.40. The Kier molecular flexibility index (Phi) is 6.80. The molecule has 4 nitrogen and oxygen atoms in total. The summed E-state index contributed by atoms with van der Waals surface area (Å²) in [6, 6.07) is 0. The third-order valence-electron chi connectivity index (χ3n) is 4.64. The molecule has 0 aromatic rings. The van der Waals surface area contributed by atoms with Crippen molar-refractivity contribution in [3.8, 4) is 0 Å². The van der Waals surface area contributed by atoms with Crippen molar-refractivity contribution in [1.82, 2.24) is 15.1 Å². The molecule has 20 heavy (non-hydrogen) atoms. The second-order valence-electron chi connectivity index (χ2n) is 6.50. The number of rotatable bonds is 5. The summed E-state index contributed by atoms with van der Waals surface area (Å²) in [5.41, 5.74) is 0. The van der Waals surface area contributed by atoms with E-state index in [1.54, 1.807) is 0 Å². The van der Waals surface area contributed by atoms with Crippen LogP contribution in [-0.4, -0.2) is 62.0 Å². The minimum Gasteiger partial charge on any atom is -0.356 e. The summed E-state index contributed by atoms with van der Waals surface area (Å²) in [6.07, 6.45) is 8.78. The van der Waals surface area contributed by atoms with Crippen LogP contribution in [0.4, 0.5) is 0 Å². The second-order valence-corrected chi connectivity index (χ2v) is 6.50. The molecule has 0 aromatic heterocycles. The van der Waals surface area contributed by atoms with Crippen LogP contribution in [0.1, 0.15) is 44.9 Å². The Bertz CT molecular complexity index is 287. The van der Waals surface area contributed by atoms with Gasteiger partial charge in [0.15, 0.2) is 0 Å². The first-order valence-electron chi connectivity index (χ1n) is 8.44. The molecule has 0 unspecified atom stereocenters. The molecule has 4 heteroatoms. The van der Waals surface area contributed by atoms with Gasteiger partial charge in [0.05, 0.1) is 5.92 Å². The number of hydrogen-bond acceptors (Lipinski definition) is 3. The van der Waals surface area contributed by atoms with Gasteiger partial charge in [-0.3, -0.25) is 4.79 Å². The molecule has 0 aliphatic carbocycles. The maximum atomic E-state index is 12.1. The van der Waals surface area contributed by atoms with Gasteiger partial charge in [-0.05, 0) is 65.3 Å². The fourth-order valence-electron chi connectivity index (χ4n) is 3.40. The minimum atomic E-state index is 0.215. The molecule has 2 fully saturated rings. The molecule has 1 amide bonds. The van der Waals surface area contributed by atoms with Gasteiger partial charge in [0, 0.05) is 13.1 Å². The number of nitrogens with zero attached hydrogens (tertiary/aromatic N) is 2. The van der Waals surface area contributed by atoms with Crippen LogP contribution in [0.3, 0.4) is 0 Å². The number of carbonyl (C=O) groups is 1. The zero-order valence-corrected chi connectivity index (χ0v) is 13.1. The topological polar surface area (TPSA) is 35.6 Å². The fraction of sp³-hybridized carbons (Fsp3) is 0.938. The molecule has 1 N–H and O–H groups in total. The summed E-state index contributed by atoms with van der Waals surface area (Å²) in [5, 5.41) is 3.14. The van der Waals surface area contributed by atoms with Crippen LogP contribution in [0, 0.1) is 5.92 Å². The molecular weight excluding hydrogens is 250 g/mol. The summed E-state index contributed by atoms with van der Waals surface area (Å²) >= 11 is 0. The predicted molar refractivity (Wildman–Crippen MR) is 82.8 cm³/mol. The van der Waals surface area contributed by atoms with E-state index in [9.17, 15) is 4.79 Å². The summed E-state index contributed by atoms with van der Waals surface area (Å²) in [5.74, 6) is 0.486. The van der Waals surface area contributed by atoms with Crippen LogP contribution in [0.5, 0.6) is 0 Å². The summed E-state index contributed by atoms with van der Waals surface area (Å²) < 4.78 is 0. The van der Waals surface area contributed by atoms with Gasteiger partial charge in [-0.25, -0.2) is 0 Å². The van der Waals surface area contributed by atoms with Gasteiger partial charge in [0.1, 0.15) is 0 Å². The van der Waals surface area contributed by atoms with Gasteiger partial charge < -0.3 is 15.1 Å². The quantitative estimate of drug-likeness (QED) is 0.779. The Morgan fingerprint density at radius 3 is 2.55 bits per heavy atom. The average molecular weight is 281 g/mol. The van der Waals surface area contributed by atoms with E-state index in [1.807, 2.05) is 0 Å². The van der Waals surface area contributed by atoms with Crippen molar-refractivity contribution in [2.75, 3.05) is 46.3 Å². The van der Waals surface area contributed by atoms with Crippen LogP contribution < -0.4 is 5.32 Å². The SMILES string of the molecule is CN1CCC[C@@H](C(=O)NCCCN2CCCCCC2)C1. The predicted octanol–water partition coefficient (Wildman–Crippen LogP) is 1.71. The highest BCUT2D eigenvalue weighted by Crippen LogP contribution is 2.15. The van der Waals surface area contributed by atoms with Crippen molar-refractivity contribution >= 4 is 5.91 Å². The zero-order valence-electron chi connectivity index (χ0n) is 13.1. The lowest BCUT2D eigenvalue weighted by Gasteiger charge is -2.28. The van der Waals surface area contributed by atoms with E-state index >= 15 is 0 Å². The minimum absolute atomic E-state index is 0.215. The molecule has 2 saturated heterocycles.